The lowest BCUT2D eigenvalue weighted by molar-refractivity contribution is -0.167. The quantitative estimate of drug-likeness (QED) is 0.126. The van der Waals surface area contributed by atoms with Gasteiger partial charge in [0.2, 0.25) is 23.7 Å². The van der Waals surface area contributed by atoms with Gasteiger partial charge >= 0.3 is 23.9 Å². The molecule has 0 fully saturated rings. The van der Waals surface area contributed by atoms with Crippen molar-refractivity contribution in [3.63, 3.8) is 0 Å². The van der Waals surface area contributed by atoms with Crippen LogP contribution in [-0.2, 0) is 47.7 Å². The van der Waals surface area contributed by atoms with E-state index in [4.69, 9.17) is 18.9 Å². The largest absolute Gasteiger partial charge is 0.465 e. The summed E-state index contributed by atoms with van der Waals surface area (Å²) in [4.78, 5) is 72.0. The average molecular weight is 489 g/mol. The van der Waals surface area contributed by atoms with E-state index in [1.165, 1.54) is 0 Å². The van der Waals surface area contributed by atoms with E-state index in [1.54, 1.807) is 27.7 Å². The summed E-state index contributed by atoms with van der Waals surface area (Å²) < 4.78 is 19.1. The second-order valence-electron chi connectivity index (χ2n) is 6.87. The molecule has 34 heavy (non-hydrogen) atoms. The molecule has 0 saturated heterocycles. The zero-order chi connectivity index (χ0) is 25.9. The molecule has 0 spiro atoms. The van der Waals surface area contributed by atoms with Crippen LogP contribution >= 0.6 is 0 Å². The van der Waals surface area contributed by atoms with E-state index in [2.05, 4.69) is 10.6 Å². The molecule has 0 aliphatic heterocycles. The van der Waals surface area contributed by atoms with Crippen molar-refractivity contribution in [3.8, 4) is 0 Å². The fourth-order valence-corrected chi connectivity index (χ4v) is 2.75. The topological polar surface area (TPSA) is 163 Å². The van der Waals surface area contributed by atoms with Crippen LogP contribution in [0.4, 0.5) is 0 Å². The van der Waals surface area contributed by atoms with E-state index in [9.17, 15) is 28.8 Å². The molecule has 0 aromatic rings. The van der Waals surface area contributed by atoms with Crippen molar-refractivity contribution < 1.29 is 47.7 Å². The second kappa shape index (κ2) is 18.3. The first kappa shape index (κ1) is 30.8. The lowest BCUT2D eigenvalue weighted by atomic mass is 10.1. The van der Waals surface area contributed by atoms with Gasteiger partial charge in [0.05, 0.1) is 26.4 Å². The molecule has 0 aliphatic carbocycles. The van der Waals surface area contributed by atoms with E-state index in [0.29, 0.717) is 25.7 Å². The number of carbonyl (C=O) groups is 6. The molecule has 0 unspecified atom stereocenters. The standard InChI is InChI=1S/C22H36N2O10/c1-5-31-19(27)15(20(28)32-6-2)17(25)23-13-11-9-10-12-14-24-18(26)16(21(29)33-7-3)22(30)34-8-4/h15-16H,5-14H2,1-4H3,(H,23,25)(H,24,26). The van der Waals surface area contributed by atoms with Crippen molar-refractivity contribution in [1.82, 2.24) is 10.6 Å². The van der Waals surface area contributed by atoms with Crippen LogP contribution in [0.1, 0.15) is 53.4 Å². The molecule has 0 saturated carbocycles. The highest BCUT2D eigenvalue weighted by molar-refractivity contribution is 6.14. The molecule has 2 N–H and O–H groups in total. The average Bonchev–Trinajstić information content (AvgIpc) is 2.76. The van der Waals surface area contributed by atoms with Crippen molar-refractivity contribution >= 4 is 35.7 Å². The highest BCUT2D eigenvalue weighted by atomic mass is 16.6. The molecule has 0 bridgehead atoms. The van der Waals surface area contributed by atoms with Gasteiger partial charge in [0.15, 0.2) is 0 Å². The van der Waals surface area contributed by atoms with Crippen molar-refractivity contribution in [2.24, 2.45) is 11.8 Å². The Labute approximate surface area is 199 Å². The maximum atomic E-state index is 12.2. The minimum Gasteiger partial charge on any atom is -0.465 e. The first-order valence-corrected chi connectivity index (χ1v) is 11.5. The van der Waals surface area contributed by atoms with E-state index < -0.39 is 47.5 Å². The number of hydrogen-bond acceptors (Lipinski definition) is 10. The van der Waals surface area contributed by atoms with Gasteiger partial charge in [-0.25, -0.2) is 0 Å². The lowest BCUT2D eigenvalue weighted by Crippen LogP contribution is -2.42. The Hall–Kier alpha value is -3.18. The Balaban J connectivity index is 4.36. The Morgan fingerprint density at radius 1 is 0.500 bits per heavy atom. The number of esters is 4. The molecule has 0 aromatic carbocycles. The molecular formula is C22H36N2O10. The molecule has 0 rings (SSSR count). The normalized spacial score (nSPS) is 10.4. The summed E-state index contributed by atoms with van der Waals surface area (Å²) >= 11 is 0. The molecule has 194 valence electrons. The van der Waals surface area contributed by atoms with Gasteiger partial charge in [-0.3, -0.25) is 28.8 Å². The minimum absolute atomic E-state index is 0.0267. The number of ether oxygens (including phenoxy) is 4. The number of carbonyl (C=O) groups excluding carboxylic acids is 6. The molecule has 0 aromatic heterocycles. The number of rotatable bonds is 17. The van der Waals surface area contributed by atoms with Crippen molar-refractivity contribution in [2.45, 2.75) is 53.4 Å². The predicted octanol–water partition coefficient (Wildman–Crippen LogP) is 0.264. The molecule has 0 atom stereocenters. The summed E-state index contributed by atoms with van der Waals surface area (Å²) in [5.41, 5.74) is 0. The Morgan fingerprint density at radius 3 is 1.00 bits per heavy atom. The molecular weight excluding hydrogens is 452 g/mol. The van der Waals surface area contributed by atoms with Gasteiger partial charge in [0, 0.05) is 13.1 Å². The number of nitrogens with one attached hydrogen (secondary N) is 2. The highest BCUT2D eigenvalue weighted by Crippen LogP contribution is 2.07. The van der Waals surface area contributed by atoms with Gasteiger partial charge in [-0.05, 0) is 40.5 Å². The van der Waals surface area contributed by atoms with Crippen LogP contribution in [0.15, 0.2) is 0 Å². The minimum atomic E-state index is -1.66. The number of hydrogen-bond donors (Lipinski definition) is 2. The zero-order valence-electron chi connectivity index (χ0n) is 20.3. The van der Waals surface area contributed by atoms with Gasteiger partial charge in [-0.1, -0.05) is 12.8 Å². The van der Waals surface area contributed by atoms with Crippen LogP contribution in [0.5, 0.6) is 0 Å². The van der Waals surface area contributed by atoms with Gasteiger partial charge < -0.3 is 29.6 Å². The highest BCUT2D eigenvalue weighted by Gasteiger charge is 2.37. The summed E-state index contributed by atoms with van der Waals surface area (Å²) in [6.07, 6.45) is 2.48. The molecule has 12 nitrogen and oxygen atoms in total. The third-order valence-electron chi connectivity index (χ3n) is 4.32. The molecule has 0 heterocycles. The van der Waals surface area contributed by atoms with Gasteiger partial charge in [-0.15, -0.1) is 0 Å². The Bertz CT molecular complexity index is 601. The summed E-state index contributed by atoms with van der Waals surface area (Å²) in [7, 11) is 0. The fraction of sp³-hybridized carbons (Fsp3) is 0.727. The number of unbranched alkanes of at least 4 members (excludes halogenated alkanes) is 3. The summed E-state index contributed by atoms with van der Waals surface area (Å²) in [6, 6.07) is 0. The van der Waals surface area contributed by atoms with E-state index in [-0.39, 0.29) is 39.5 Å². The molecule has 12 heteroatoms. The first-order chi connectivity index (χ1) is 16.2. The molecule has 0 aliphatic rings. The third-order valence-corrected chi connectivity index (χ3v) is 4.32. The van der Waals surface area contributed by atoms with Crippen molar-refractivity contribution in [2.75, 3.05) is 39.5 Å². The van der Waals surface area contributed by atoms with Crippen LogP contribution in [0.3, 0.4) is 0 Å². The van der Waals surface area contributed by atoms with E-state index >= 15 is 0 Å². The SMILES string of the molecule is CCOC(=O)C(C(=O)NCCCCCCNC(=O)C(C(=O)OCC)C(=O)OCC)C(=O)OCC. The van der Waals surface area contributed by atoms with E-state index in [1.807, 2.05) is 0 Å². The summed E-state index contributed by atoms with van der Waals surface area (Å²) in [5.74, 6) is -8.74. The van der Waals surface area contributed by atoms with Crippen LogP contribution in [0, 0.1) is 11.8 Å². The third kappa shape index (κ3) is 11.6. The lowest BCUT2D eigenvalue weighted by Gasteiger charge is -2.15. The van der Waals surface area contributed by atoms with Crippen molar-refractivity contribution in [3.05, 3.63) is 0 Å². The maximum Gasteiger partial charge on any atom is 0.330 e. The maximum absolute atomic E-state index is 12.2. The van der Waals surface area contributed by atoms with Crippen LogP contribution in [0.2, 0.25) is 0 Å². The van der Waals surface area contributed by atoms with Gasteiger partial charge in [0.25, 0.3) is 0 Å². The fourth-order valence-electron chi connectivity index (χ4n) is 2.75. The Morgan fingerprint density at radius 2 is 0.765 bits per heavy atom. The van der Waals surface area contributed by atoms with Gasteiger partial charge in [-0.2, -0.15) is 0 Å². The second-order valence-corrected chi connectivity index (χ2v) is 6.87. The molecule has 2 amide bonds. The number of amides is 2. The first-order valence-electron chi connectivity index (χ1n) is 11.5. The zero-order valence-corrected chi connectivity index (χ0v) is 20.3. The summed E-state index contributed by atoms with van der Waals surface area (Å²) in [5, 5.41) is 5.04. The van der Waals surface area contributed by atoms with Crippen LogP contribution in [-0.4, -0.2) is 75.2 Å². The van der Waals surface area contributed by atoms with Crippen LogP contribution in [0.25, 0.3) is 0 Å². The Kier molecular flexibility index (Phi) is 16.6. The van der Waals surface area contributed by atoms with Crippen LogP contribution < -0.4 is 10.6 Å². The summed E-state index contributed by atoms with van der Waals surface area (Å²) in [6.45, 7) is 6.82. The van der Waals surface area contributed by atoms with E-state index in [0.717, 1.165) is 0 Å². The smallest absolute Gasteiger partial charge is 0.330 e. The monoisotopic (exact) mass is 488 g/mol. The van der Waals surface area contributed by atoms with Gasteiger partial charge in [0.1, 0.15) is 0 Å². The molecule has 0 radical (unpaired) electrons. The predicted molar refractivity (Wildman–Crippen MR) is 118 cm³/mol. The van der Waals surface area contributed by atoms with Crippen molar-refractivity contribution in [1.29, 1.82) is 0 Å².